The zero-order valence-corrected chi connectivity index (χ0v) is 10.2. The summed E-state index contributed by atoms with van der Waals surface area (Å²) in [6.07, 6.45) is -4.23. The molecule has 2 heterocycles. The topological polar surface area (TPSA) is 73.6 Å². The molecule has 1 N–H and O–H groups in total. The Bertz CT molecular complexity index is 724. The van der Waals surface area contributed by atoms with Crippen molar-refractivity contribution in [2.24, 2.45) is 0 Å². The SMILES string of the molecule is O=C(O)c1cnn(-c2cccc3c2OCO3)c1C(F)(F)F. The van der Waals surface area contributed by atoms with E-state index >= 15 is 0 Å². The molecule has 2 aromatic rings. The molecule has 0 amide bonds. The van der Waals surface area contributed by atoms with Crippen molar-refractivity contribution in [2.45, 2.75) is 6.18 Å². The van der Waals surface area contributed by atoms with Crippen LogP contribution in [-0.2, 0) is 6.18 Å². The van der Waals surface area contributed by atoms with Gasteiger partial charge in [-0.1, -0.05) is 6.07 Å². The summed E-state index contributed by atoms with van der Waals surface area (Å²) in [6, 6.07) is 4.33. The van der Waals surface area contributed by atoms with Gasteiger partial charge in [-0.05, 0) is 12.1 Å². The molecule has 0 saturated heterocycles. The van der Waals surface area contributed by atoms with E-state index in [4.69, 9.17) is 14.6 Å². The van der Waals surface area contributed by atoms with Crippen molar-refractivity contribution in [1.82, 2.24) is 9.78 Å². The van der Waals surface area contributed by atoms with Gasteiger partial charge in [-0.3, -0.25) is 0 Å². The van der Waals surface area contributed by atoms with Crippen LogP contribution < -0.4 is 9.47 Å². The highest BCUT2D eigenvalue weighted by molar-refractivity contribution is 5.89. The average molecular weight is 300 g/mol. The average Bonchev–Trinajstić information content (AvgIpc) is 3.04. The number of rotatable bonds is 2. The van der Waals surface area contributed by atoms with E-state index in [1.54, 1.807) is 0 Å². The summed E-state index contributed by atoms with van der Waals surface area (Å²) >= 11 is 0. The molecule has 1 aromatic heterocycles. The van der Waals surface area contributed by atoms with Gasteiger partial charge in [-0.25, -0.2) is 9.48 Å². The highest BCUT2D eigenvalue weighted by Gasteiger charge is 2.41. The second kappa shape index (κ2) is 4.40. The number of fused-ring (bicyclic) bond motifs is 1. The van der Waals surface area contributed by atoms with Gasteiger partial charge in [-0.2, -0.15) is 18.3 Å². The van der Waals surface area contributed by atoms with E-state index in [0.29, 0.717) is 10.9 Å². The first-order chi connectivity index (χ1) is 9.89. The quantitative estimate of drug-likeness (QED) is 0.921. The third-order valence-corrected chi connectivity index (χ3v) is 2.87. The molecule has 6 nitrogen and oxygen atoms in total. The van der Waals surface area contributed by atoms with Crippen LogP contribution in [-0.4, -0.2) is 27.6 Å². The van der Waals surface area contributed by atoms with Crippen molar-refractivity contribution in [2.75, 3.05) is 6.79 Å². The Hall–Kier alpha value is -2.71. The van der Waals surface area contributed by atoms with Crippen LogP contribution >= 0.6 is 0 Å². The minimum Gasteiger partial charge on any atom is -0.478 e. The second-order valence-electron chi connectivity index (χ2n) is 4.13. The number of hydrogen-bond acceptors (Lipinski definition) is 4. The number of carbonyl (C=O) groups is 1. The standard InChI is InChI=1S/C12H7F3N2O4/c13-12(14,15)10-6(11(18)19)4-16-17(10)7-2-1-3-8-9(7)21-5-20-8/h1-4H,5H2,(H,18,19). The number of benzene rings is 1. The number of alkyl halides is 3. The number of carboxylic acids is 1. The van der Waals surface area contributed by atoms with Crippen molar-refractivity contribution < 1.29 is 32.5 Å². The molecule has 0 radical (unpaired) electrons. The maximum absolute atomic E-state index is 13.1. The molecule has 1 aliphatic rings. The van der Waals surface area contributed by atoms with Gasteiger partial charge in [0, 0.05) is 0 Å². The van der Waals surface area contributed by atoms with E-state index < -0.39 is 23.4 Å². The highest BCUT2D eigenvalue weighted by Crippen LogP contribution is 2.40. The number of para-hydroxylation sites is 1. The van der Waals surface area contributed by atoms with E-state index in [1.165, 1.54) is 18.2 Å². The Morgan fingerprint density at radius 1 is 1.33 bits per heavy atom. The van der Waals surface area contributed by atoms with Gasteiger partial charge in [-0.15, -0.1) is 0 Å². The van der Waals surface area contributed by atoms with Crippen LogP contribution in [0.2, 0.25) is 0 Å². The van der Waals surface area contributed by atoms with E-state index in [-0.39, 0.29) is 24.0 Å². The van der Waals surface area contributed by atoms with Crippen LogP contribution in [0, 0.1) is 0 Å². The molecule has 0 fully saturated rings. The van der Waals surface area contributed by atoms with Gasteiger partial charge in [0.25, 0.3) is 0 Å². The van der Waals surface area contributed by atoms with Gasteiger partial charge in [0.05, 0.1) is 6.20 Å². The largest absolute Gasteiger partial charge is 0.478 e. The number of carboxylic acid groups (broad SMARTS) is 1. The Balaban J connectivity index is 2.25. The lowest BCUT2D eigenvalue weighted by molar-refractivity contribution is -0.143. The van der Waals surface area contributed by atoms with Crippen molar-refractivity contribution in [3.63, 3.8) is 0 Å². The van der Waals surface area contributed by atoms with E-state index in [0.717, 1.165) is 0 Å². The lowest BCUT2D eigenvalue weighted by Crippen LogP contribution is -2.17. The van der Waals surface area contributed by atoms with Crippen molar-refractivity contribution in [3.05, 3.63) is 35.7 Å². The Morgan fingerprint density at radius 3 is 2.76 bits per heavy atom. The molecule has 0 atom stereocenters. The lowest BCUT2D eigenvalue weighted by atomic mass is 10.2. The first kappa shape index (κ1) is 13.3. The summed E-state index contributed by atoms with van der Waals surface area (Å²) in [7, 11) is 0. The lowest BCUT2D eigenvalue weighted by Gasteiger charge is -2.12. The predicted molar refractivity (Wildman–Crippen MR) is 61.6 cm³/mol. The number of ether oxygens (including phenoxy) is 2. The molecule has 3 rings (SSSR count). The van der Waals surface area contributed by atoms with Gasteiger partial charge in [0.1, 0.15) is 11.3 Å². The molecule has 0 spiro atoms. The fraction of sp³-hybridized carbons (Fsp3) is 0.167. The minimum absolute atomic E-state index is 0.0372. The zero-order valence-electron chi connectivity index (χ0n) is 10.2. The molecule has 21 heavy (non-hydrogen) atoms. The molecule has 0 unspecified atom stereocenters. The van der Waals surface area contributed by atoms with Gasteiger partial charge < -0.3 is 14.6 Å². The van der Waals surface area contributed by atoms with Crippen molar-refractivity contribution in [3.8, 4) is 17.2 Å². The summed E-state index contributed by atoms with van der Waals surface area (Å²) in [5, 5.41) is 12.4. The fourth-order valence-corrected chi connectivity index (χ4v) is 2.04. The van der Waals surface area contributed by atoms with Gasteiger partial charge >= 0.3 is 12.1 Å². The molecule has 0 saturated carbocycles. The molecule has 0 bridgehead atoms. The molecule has 1 aromatic carbocycles. The fourth-order valence-electron chi connectivity index (χ4n) is 2.04. The van der Waals surface area contributed by atoms with E-state index in [2.05, 4.69) is 5.10 Å². The highest BCUT2D eigenvalue weighted by atomic mass is 19.4. The number of aromatic carboxylic acids is 1. The predicted octanol–water partition coefficient (Wildman–Crippen LogP) is 2.32. The van der Waals surface area contributed by atoms with Gasteiger partial charge in [0.2, 0.25) is 6.79 Å². The Labute approximate surface area is 115 Å². The Kier molecular flexibility index (Phi) is 2.78. The smallest absolute Gasteiger partial charge is 0.434 e. The van der Waals surface area contributed by atoms with Crippen LogP contribution in [0.15, 0.2) is 24.4 Å². The molecule has 0 aliphatic carbocycles. The summed E-state index contributed by atoms with van der Waals surface area (Å²) in [5.41, 5.74) is -2.34. The number of aromatic nitrogens is 2. The molecular weight excluding hydrogens is 293 g/mol. The summed E-state index contributed by atoms with van der Waals surface area (Å²) < 4.78 is 50.1. The van der Waals surface area contributed by atoms with Crippen LogP contribution in [0.5, 0.6) is 11.5 Å². The van der Waals surface area contributed by atoms with Crippen LogP contribution in [0.4, 0.5) is 13.2 Å². The van der Waals surface area contributed by atoms with Crippen molar-refractivity contribution in [1.29, 1.82) is 0 Å². The van der Waals surface area contributed by atoms with Crippen LogP contribution in [0.1, 0.15) is 16.1 Å². The zero-order chi connectivity index (χ0) is 15.2. The number of halogens is 3. The van der Waals surface area contributed by atoms with E-state index in [9.17, 15) is 18.0 Å². The summed E-state index contributed by atoms with van der Waals surface area (Å²) in [4.78, 5) is 10.9. The second-order valence-corrected chi connectivity index (χ2v) is 4.13. The maximum Gasteiger partial charge on any atom is 0.434 e. The third-order valence-electron chi connectivity index (χ3n) is 2.87. The maximum atomic E-state index is 13.1. The van der Waals surface area contributed by atoms with Gasteiger partial charge in [0.15, 0.2) is 17.2 Å². The number of nitrogens with zero attached hydrogens (tertiary/aromatic N) is 2. The molecular formula is C12H7F3N2O4. The Morgan fingerprint density at radius 2 is 2.10 bits per heavy atom. The first-order valence-corrected chi connectivity index (χ1v) is 5.67. The van der Waals surface area contributed by atoms with Crippen molar-refractivity contribution >= 4 is 5.97 Å². The molecule has 9 heteroatoms. The third kappa shape index (κ3) is 2.06. The minimum atomic E-state index is -4.88. The monoisotopic (exact) mass is 300 g/mol. The van der Waals surface area contributed by atoms with E-state index in [1.807, 2.05) is 0 Å². The normalized spacial score (nSPS) is 13.5. The molecule has 110 valence electrons. The summed E-state index contributed by atoms with van der Waals surface area (Å²) in [5.74, 6) is -1.35. The molecule has 1 aliphatic heterocycles. The summed E-state index contributed by atoms with van der Waals surface area (Å²) in [6.45, 7) is -0.124. The number of hydrogen-bond donors (Lipinski definition) is 1. The van der Waals surface area contributed by atoms with Crippen LogP contribution in [0.25, 0.3) is 5.69 Å². The first-order valence-electron chi connectivity index (χ1n) is 5.67. The van der Waals surface area contributed by atoms with Crippen LogP contribution in [0.3, 0.4) is 0 Å².